The highest BCUT2D eigenvalue weighted by Crippen LogP contribution is 2.29. The van der Waals surface area contributed by atoms with Gasteiger partial charge in [0.15, 0.2) is 5.82 Å². The van der Waals surface area contributed by atoms with E-state index < -0.39 is 5.97 Å². The standard InChI is InChI=1S/C12H12Cl2N4O2/c1-16-11-9(12(19)20-2)10(15)18(17-11)6-3-4-7(13)8(14)5-6/h3-5H,15H2,1-2H3,(H,16,17). The maximum atomic E-state index is 11.7. The fourth-order valence-corrected chi connectivity index (χ4v) is 2.02. The number of carbonyl (C=O) groups is 1. The molecule has 2 aromatic rings. The zero-order chi connectivity index (χ0) is 14.9. The predicted molar refractivity (Wildman–Crippen MR) is 78.9 cm³/mol. The molecule has 1 aromatic carbocycles. The normalized spacial score (nSPS) is 10.4. The summed E-state index contributed by atoms with van der Waals surface area (Å²) in [5.74, 6) is -0.0989. The van der Waals surface area contributed by atoms with E-state index in [4.69, 9.17) is 33.7 Å². The number of hydrogen-bond acceptors (Lipinski definition) is 5. The van der Waals surface area contributed by atoms with Crippen molar-refractivity contribution in [3.05, 3.63) is 33.8 Å². The lowest BCUT2D eigenvalue weighted by atomic mass is 10.3. The summed E-state index contributed by atoms with van der Waals surface area (Å²) in [6.07, 6.45) is 0. The first-order valence-corrected chi connectivity index (χ1v) is 6.35. The van der Waals surface area contributed by atoms with Crippen LogP contribution in [0.1, 0.15) is 10.4 Å². The zero-order valence-corrected chi connectivity index (χ0v) is 12.3. The number of ether oxygens (including phenoxy) is 1. The Bertz CT molecular complexity index is 670. The van der Waals surface area contributed by atoms with Gasteiger partial charge in [-0.25, -0.2) is 9.48 Å². The summed E-state index contributed by atoms with van der Waals surface area (Å²) >= 11 is 11.8. The van der Waals surface area contributed by atoms with E-state index in [1.807, 2.05) is 0 Å². The lowest BCUT2D eigenvalue weighted by Gasteiger charge is -2.05. The smallest absolute Gasteiger partial charge is 0.345 e. The Kier molecular flexibility index (Phi) is 4.06. The van der Waals surface area contributed by atoms with Crippen molar-refractivity contribution in [1.82, 2.24) is 9.78 Å². The Morgan fingerprint density at radius 2 is 2.10 bits per heavy atom. The molecule has 0 unspecified atom stereocenters. The number of nitrogen functional groups attached to an aromatic ring is 1. The van der Waals surface area contributed by atoms with Crippen LogP contribution in [0.25, 0.3) is 5.69 Å². The number of halogens is 2. The maximum Gasteiger partial charge on any atom is 0.345 e. The van der Waals surface area contributed by atoms with E-state index in [0.717, 1.165) is 0 Å². The van der Waals surface area contributed by atoms with Crippen molar-refractivity contribution < 1.29 is 9.53 Å². The van der Waals surface area contributed by atoms with E-state index >= 15 is 0 Å². The number of nitrogens with one attached hydrogen (secondary N) is 1. The number of anilines is 2. The number of esters is 1. The molecule has 8 heteroatoms. The number of rotatable bonds is 3. The zero-order valence-electron chi connectivity index (χ0n) is 10.8. The summed E-state index contributed by atoms with van der Waals surface area (Å²) in [6, 6.07) is 4.92. The minimum atomic E-state index is -0.571. The lowest BCUT2D eigenvalue weighted by molar-refractivity contribution is 0.0603. The number of nitrogens with two attached hydrogens (primary N) is 1. The van der Waals surface area contributed by atoms with E-state index in [0.29, 0.717) is 21.6 Å². The molecule has 0 spiro atoms. The van der Waals surface area contributed by atoms with Gasteiger partial charge in [-0.15, -0.1) is 5.10 Å². The third-order valence-electron chi connectivity index (χ3n) is 2.70. The summed E-state index contributed by atoms with van der Waals surface area (Å²) in [5.41, 5.74) is 6.71. The first kappa shape index (κ1) is 14.5. The van der Waals surface area contributed by atoms with Crippen molar-refractivity contribution in [2.45, 2.75) is 0 Å². The molecule has 2 rings (SSSR count). The Labute approximate surface area is 125 Å². The fraction of sp³-hybridized carbons (Fsp3) is 0.167. The van der Waals surface area contributed by atoms with E-state index in [9.17, 15) is 4.79 Å². The Hall–Kier alpha value is -1.92. The molecule has 0 fully saturated rings. The predicted octanol–water partition coefficient (Wildman–Crippen LogP) is 2.59. The van der Waals surface area contributed by atoms with Gasteiger partial charge in [0.25, 0.3) is 0 Å². The molecule has 6 nitrogen and oxygen atoms in total. The van der Waals surface area contributed by atoms with Crippen LogP contribution in [-0.2, 0) is 4.74 Å². The average Bonchev–Trinajstić information content (AvgIpc) is 2.78. The highest BCUT2D eigenvalue weighted by Gasteiger charge is 2.23. The molecule has 0 atom stereocenters. The summed E-state index contributed by atoms with van der Waals surface area (Å²) in [5, 5.41) is 7.80. The Morgan fingerprint density at radius 1 is 1.40 bits per heavy atom. The van der Waals surface area contributed by atoms with Gasteiger partial charge in [-0.3, -0.25) is 0 Å². The van der Waals surface area contributed by atoms with Gasteiger partial charge in [-0.1, -0.05) is 23.2 Å². The number of benzene rings is 1. The summed E-state index contributed by atoms with van der Waals surface area (Å²) < 4.78 is 6.08. The van der Waals surface area contributed by atoms with Crippen LogP contribution in [0.15, 0.2) is 18.2 Å². The molecule has 1 aromatic heterocycles. The average molecular weight is 315 g/mol. The summed E-state index contributed by atoms with van der Waals surface area (Å²) in [7, 11) is 2.91. The molecule has 0 saturated carbocycles. The molecule has 1 heterocycles. The number of nitrogens with zero attached hydrogens (tertiary/aromatic N) is 2. The van der Waals surface area contributed by atoms with Crippen LogP contribution in [0.4, 0.5) is 11.6 Å². The quantitative estimate of drug-likeness (QED) is 0.851. The second kappa shape index (κ2) is 5.60. The van der Waals surface area contributed by atoms with Crippen molar-refractivity contribution >= 4 is 40.8 Å². The SMILES string of the molecule is CNc1nn(-c2ccc(Cl)c(Cl)c2)c(N)c1C(=O)OC. The van der Waals surface area contributed by atoms with Crippen LogP contribution < -0.4 is 11.1 Å². The van der Waals surface area contributed by atoms with Crippen LogP contribution in [0.2, 0.25) is 10.0 Å². The number of hydrogen-bond donors (Lipinski definition) is 2. The third-order valence-corrected chi connectivity index (χ3v) is 3.43. The second-order valence-corrected chi connectivity index (χ2v) is 4.68. The first-order chi connectivity index (χ1) is 9.49. The van der Waals surface area contributed by atoms with Gasteiger partial charge in [-0.05, 0) is 18.2 Å². The van der Waals surface area contributed by atoms with E-state index in [2.05, 4.69) is 10.4 Å². The van der Waals surface area contributed by atoms with Gasteiger partial charge >= 0.3 is 5.97 Å². The van der Waals surface area contributed by atoms with Crippen LogP contribution in [0, 0.1) is 0 Å². The van der Waals surface area contributed by atoms with Crippen LogP contribution in [0.5, 0.6) is 0 Å². The van der Waals surface area contributed by atoms with Crippen LogP contribution in [0.3, 0.4) is 0 Å². The fourth-order valence-electron chi connectivity index (χ4n) is 1.72. The molecule has 0 amide bonds. The highest BCUT2D eigenvalue weighted by atomic mass is 35.5. The Balaban J connectivity index is 2.60. The third kappa shape index (κ3) is 2.39. The van der Waals surface area contributed by atoms with Gasteiger partial charge in [-0.2, -0.15) is 0 Å². The molecule has 106 valence electrons. The number of carbonyl (C=O) groups excluding carboxylic acids is 1. The Morgan fingerprint density at radius 3 is 2.65 bits per heavy atom. The summed E-state index contributed by atoms with van der Waals surface area (Å²) in [4.78, 5) is 11.7. The molecule has 0 saturated heterocycles. The van der Waals surface area contributed by atoms with Crippen molar-refractivity contribution in [3.8, 4) is 5.69 Å². The van der Waals surface area contributed by atoms with Crippen molar-refractivity contribution in [1.29, 1.82) is 0 Å². The number of methoxy groups -OCH3 is 1. The molecule has 3 N–H and O–H groups in total. The molecule has 20 heavy (non-hydrogen) atoms. The van der Waals surface area contributed by atoms with Gasteiger partial charge in [0.2, 0.25) is 0 Å². The molecular formula is C12H12Cl2N4O2. The molecular weight excluding hydrogens is 303 g/mol. The topological polar surface area (TPSA) is 82.2 Å². The van der Waals surface area contributed by atoms with Gasteiger partial charge in [0.1, 0.15) is 11.4 Å². The van der Waals surface area contributed by atoms with E-state index in [1.165, 1.54) is 11.8 Å². The van der Waals surface area contributed by atoms with Crippen LogP contribution >= 0.6 is 23.2 Å². The molecule has 0 radical (unpaired) electrons. The second-order valence-electron chi connectivity index (χ2n) is 3.86. The first-order valence-electron chi connectivity index (χ1n) is 5.59. The summed E-state index contributed by atoms with van der Waals surface area (Å²) in [6.45, 7) is 0. The number of aromatic nitrogens is 2. The van der Waals surface area contributed by atoms with Gasteiger partial charge < -0.3 is 15.8 Å². The largest absolute Gasteiger partial charge is 0.465 e. The van der Waals surface area contributed by atoms with E-state index in [-0.39, 0.29) is 11.4 Å². The molecule has 0 aliphatic rings. The molecule has 0 aliphatic carbocycles. The monoisotopic (exact) mass is 314 g/mol. The molecule has 0 aliphatic heterocycles. The highest BCUT2D eigenvalue weighted by molar-refractivity contribution is 6.42. The van der Waals surface area contributed by atoms with Crippen molar-refractivity contribution in [2.24, 2.45) is 0 Å². The minimum absolute atomic E-state index is 0.152. The van der Waals surface area contributed by atoms with E-state index in [1.54, 1.807) is 25.2 Å². The molecule has 0 bridgehead atoms. The van der Waals surface area contributed by atoms with Gasteiger partial charge in [0, 0.05) is 7.05 Å². The van der Waals surface area contributed by atoms with Gasteiger partial charge in [0.05, 0.1) is 22.8 Å². The minimum Gasteiger partial charge on any atom is -0.465 e. The maximum absolute atomic E-state index is 11.7. The lowest BCUT2D eigenvalue weighted by Crippen LogP contribution is -2.08. The van der Waals surface area contributed by atoms with Crippen LogP contribution in [-0.4, -0.2) is 29.9 Å². The van der Waals surface area contributed by atoms with Crippen molar-refractivity contribution in [3.63, 3.8) is 0 Å². The van der Waals surface area contributed by atoms with Crippen molar-refractivity contribution in [2.75, 3.05) is 25.2 Å².